The smallest absolute Gasteiger partial charge is 0.150 e. The van der Waals surface area contributed by atoms with Gasteiger partial charge in [0.15, 0.2) is 0 Å². The van der Waals surface area contributed by atoms with Crippen molar-refractivity contribution >= 4 is 15.1 Å². The van der Waals surface area contributed by atoms with E-state index >= 15 is 0 Å². The highest BCUT2D eigenvalue weighted by Crippen LogP contribution is 2.17. The predicted octanol–water partition coefficient (Wildman–Crippen LogP) is 3.53. The first kappa shape index (κ1) is 12.2. The zero-order valence-electron chi connectivity index (χ0n) is 9.49. The van der Waals surface area contributed by atoms with Gasteiger partial charge in [-0.1, -0.05) is 68.2 Å². The average molecular weight is 220 g/mol. The number of benzene rings is 1. The number of rotatable bonds is 1. The van der Waals surface area contributed by atoms with Crippen LogP contribution in [0.4, 0.5) is 0 Å². The number of hydrogen-bond acceptors (Lipinski definition) is 1. The maximum absolute atomic E-state index is 10.0. The molecule has 0 saturated carbocycles. The molecule has 2 rings (SSSR count). The Morgan fingerprint density at radius 1 is 1.07 bits per heavy atom. The largest absolute Gasteiger partial charge is 0.298 e. The third kappa shape index (κ3) is 5.53. The molecule has 1 nitrogen and oxygen atoms in total. The summed E-state index contributed by atoms with van der Waals surface area (Å²) >= 11 is 0. The Balaban J connectivity index is 0.000000151. The van der Waals surface area contributed by atoms with E-state index < -0.39 is 0 Å². The molecule has 2 heteroatoms. The fraction of sp³-hybridized carbons (Fsp3) is 0.462. The third-order valence-corrected chi connectivity index (χ3v) is 5.62. The quantitative estimate of drug-likeness (QED) is 0.523. The molecule has 1 aromatic rings. The molecule has 15 heavy (non-hydrogen) atoms. The molecular weight excluding hydrogens is 200 g/mol. The molecule has 0 spiro atoms. The molecule has 1 aliphatic heterocycles. The highest BCUT2D eigenvalue weighted by Gasteiger charge is 2.07. The lowest BCUT2D eigenvalue weighted by atomic mass is 10.2. The molecule has 1 fully saturated rings. The Labute approximate surface area is 94.1 Å². The van der Waals surface area contributed by atoms with E-state index in [2.05, 4.69) is 6.55 Å². The molecule has 1 aromatic carbocycles. The molecule has 0 aromatic heterocycles. The summed E-state index contributed by atoms with van der Waals surface area (Å²) in [7, 11) is -0.0945. The van der Waals surface area contributed by atoms with Crippen LogP contribution in [0.5, 0.6) is 0 Å². The van der Waals surface area contributed by atoms with Gasteiger partial charge in [0.2, 0.25) is 0 Å². The van der Waals surface area contributed by atoms with E-state index in [-0.39, 0.29) is 8.80 Å². The van der Waals surface area contributed by atoms with E-state index in [9.17, 15) is 4.79 Å². The molecule has 0 atom stereocenters. The normalized spacial score (nSPS) is 16.3. The summed E-state index contributed by atoms with van der Waals surface area (Å²) in [6, 6.07) is 12.3. The molecule has 1 aliphatic rings. The van der Waals surface area contributed by atoms with E-state index in [1.165, 1.54) is 6.42 Å². The van der Waals surface area contributed by atoms with Gasteiger partial charge in [-0.3, -0.25) is 4.79 Å². The van der Waals surface area contributed by atoms with Crippen molar-refractivity contribution in [3.05, 3.63) is 35.9 Å². The van der Waals surface area contributed by atoms with Crippen LogP contribution in [0.2, 0.25) is 18.6 Å². The van der Waals surface area contributed by atoms with Crippen molar-refractivity contribution in [3.63, 3.8) is 0 Å². The molecular formula is C13H20OSi. The maximum atomic E-state index is 10.0. The van der Waals surface area contributed by atoms with Gasteiger partial charge in [-0.25, -0.2) is 0 Å². The Morgan fingerprint density at radius 2 is 1.67 bits per heavy atom. The molecule has 1 heterocycles. The van der Waals surface area contributed by atoms with Gasteiger partial charge in [-0.05, 0) is 0 Å². The van der Waals surface area contributed by atoms with Gasteiger partial charge in [0.25, 0.3) is 0 Å². The molecule has 0 amide bonds. The Bertz CT molecular complexity index is 265. The van der Waals surface area contributed by atoms with Gasteiger partial charge in [0.1, 0.15) is 6.29 Å². The van der Waals surface area contributed by atoms with Crippen LogP contribution in [0.15, 0.2) is 30.3 Å². The van der Waals surface area contributed by atoms with E-state index in [4.69, 9.17) is 0 Å². The number of carbonyl (C=O) groups is 1. The van der Waals surface area contributed by atoms with Crippen molar-refractivity contribution < 1.29 is 4.79 Å². The first-order valence-corrected chi connectivity index (χ1v) is 8.62. The maximum Gasteiger partial charge on any atom is 0.150 e. The van der Waals surface area contributed by atoms with Crippen molar-refractivity contribution in [2.24, 2.45) is 0 Å². The van der Waals surface area contributed by atoms with Crippen LogP contribution in [0.1, 0.15) is 29.6 Å². The van der Waals surface area contributed by atoms with Crippen LogP contribution in [0.25, 0.3) is 0 Å². The average Bonchev–Trinajstić information content (AvgIpc) is 2.32. The van der Waals surface area contributed by atoms with Gasteiger partial charge in [0, 0.05) is 14.4 Å². The highest BCUT2D eigenvalue weighted by atomic mass is 28.3. The molecule has 82 valence electrons. The van der Waals surface area contributed by atoms with Gasteiger partial charge in [-0.15, -0.1) is 0 Å². The predicted molar refractivity (Wildman–Crippen MR) is 68.3 cm³/mol. The first-order valence-electron chi connectivity index (χ1n) is 5.83. The minimum Gasteiger partial charge on any atom is -0.298 e. The van der Waals surface area contributed by atoms with Crippen LogP contribution < -0.4 is 0 Å². The van der Waals surface area contributed by atoms with Gasteiger partial charge >= 0.3 is 0 Å². The second kappa shape index (κ2) is 7.41. The van der Waals surface area contributed by atoms with E-state index in [0.717, 1.165) is 11.8 Å². The second-order valence-electron chi connectivity index (χ2n) is 4.27. The summed E-state index contributed by atoms with van der Waals surface area (Å²) in [6.45, 7) is 2.50. The summed E-state index contributed by atoms with van der Waals surface area (Å²) in [5.74, 6) is 0. The third-order valence-electron chi connectivity index (χ3n) is 2.83. The lowest BCUT2D eigenvalue weighted by Crippen LogP contribution is -2.09. The Morgan fingerprint density at radius 3 is 2.00 bits per heavy atom. The molecule has 0 unspecified atom stereocenters. The summed E-state index contributed by atoms with van der Waals surface area (Å²) in [5, 5.41) is 0. The van der Waals surface area contributed by atoms with Crippen molar-refractivity contribution in [1.29, 1.82) is 0 Å². The van der Waals surface area contributed by atoms with Crippen LogP contribution in [-0.4, -0.2) is 15.1 Å². The van der Waals surface area contributed by atoms with Crippen LogP contribution in [0.3, 0.4) is 0 Å². The zero-order chi connectivity index (χ0) is 10.9. The Kier molecular flexibility index (Phi) is 6.01. The molecule has 1 saturated heterocycles. The number of aldehydes is 1. The molecule has 0 aliphatic carbocycles. The van der Waals surface area contributed by atoms with E-state index in [1.54, 1.807) is 37.1 Å². The summed E-state index contributed by atoms with van der Waals surface area (Å²) in [4.78, 5) is 10.0. The van der Waals surface area contributed by atoms with Crippen molar-refractivity contribution in [2.75, 3.05) is 0 Å². The Hall–Kier alpha value is -0.893. The molecule has 0 N–H and O–H groups in total. The van der Waals surface area contributed by atoms with Crippen LogP contribution in [0, 0.1) is 0 Å². The SMILES string of the molecule is C[SiH]1CCCCC1.O=Cc1ccccc1. The number of hydrogen-bond donors (Lipinski definition) is 0. The van der Waals surface area contributed by atoms with E-state index in [0.29, 0.717) is 0 Å². The number of carbonyl (C=O) groups excluding carboxylic acids is 1. The zero-order valence-corrected chi connectivity index (χ0v) is 10.6. The minimum absolute atomic E-state index is 0.0945. The fourth-order valence-corrected chi connectivity index (χ4v) is 4.10. The monoisotopic (exact) mass is 220 g/mol. The lowest BCUT2D eigenvalue weighted by molar-refractivity contribution is 0.112. The van der Waals surface area contributed by atoms with Crippen LogP contribution in [-0.2, 0) is 0 Å². The topological polar surface area (TPSA) is 17.1 Å². The second-order valence-corrected chi connectivity index (χ2v) is 7.64. The van der Waals surface area contributed by atoms with Crippen molar-refractivity contribution in [3.8, 4) is 0 Å². The van der Waals surface area contributed by atoms with Gasteiger partial charge in [0.05, 0.1) is 0 Å². The minimum atomic E-state index is -0.0945. The van der Waals surface area contributed by atoms with Crippen LogP contribution >= 0.6 is 0 Å². The first-order chi connectivity index (χ1) is 7.33. The molecule has 0 radical (unpaired) electrons. The summed E-state index contributed by atoms with van der Waals surface area (Å²) < 4.78 is 0. The van der Waals surface area contributed by atoms with Gasteiger partial charge in [-0.2, -0.15) is 0 Å². The van der Waals surface area contributed by atoms with Gasteiger partial charge < -0.3 is 0 Å². The van der Waals surface area contributed by atoms with Crippen molar-refractivity contribution in [2.45, 2.75) is 37.9 Å². The lowest BCUT2D eigenvalue weighted by Gasteiger charge is -2.14. The highest BCUT2D eigenvalue weighted by molar-refractivity contribution is 6.57. The molecule has 0 bridgehead atoms. The van der Waals surface area contributed by atoms with E-state index in [1.807, 2.05) is 18.2 Å². The summed E-state index contributed by atoms with van der Waals surface area (Å²) in [5.41, 5.74) is 0.729. The summed E-state index contributed by atoms with van der Waals surface area (Å²) in [6.07, 6.45) is 5.46. The van der Waals surface area contributed by atoms with Crippen molar-refractivity contribution in [1.82, 2.24) is 0 Å². The standard InChI is InChI=1S/C7H6O.C6H14Si/c8-6-7-4-2-1-3-5-7;1-7-5-3-2-4-6-7/h1-6H;7H,2-6H2,1H3. The fourth-order valence-electron chi connectivity index (χ4n) is 1.84.